The highest BCUT2D eigenvalue weighted by molar-refractivity contribution is 7.91. The molecule has 0 bridgehead atoms. The standard InChI is InChI=1S/C21H20FN3O2S/c22-16-5-3-15(4-6-16)20-13-19(14-21(24-20)25-11-1-2-12-25)28(26,27)18-9-7-17(23)8-10-18/h3-10,13-14H,1-2,11-12,23H2. The average molecular weight is 397 g/mol. The van der Waals surface area contributed by atoms with Crippen LogP contribution in [0.3, 0.4) is 0 Å². The maximum Gasteiger partial charge on any atom is 0.206 e. The summed E-state index contributed by atoms with van der Waals surface area (Å²) in [5.74, 6) is 0.266. The number of hydrogen-bond acceptors (Lipinski definition) is 5. The zero-order valence-corrected chi connectivity index (χ0v) is 16.0. The van der Waals surface area contributed by atoms with E-state index in [1.165, 1.54) is 24.3 Å². The van der Waals surface area contributed by atoms with Gasteiger partial charge in [-0.1, -0.05) is 0 Å². The van der Waals surface area contributed by atoms with Crippen LogP contribution in [0.15, 0.2) is 70.5 Å². The van der Waals surface area contributed by atoms with Gasteiger partial charge in [0.1, 0.15) is 11.6 Å². The van der Waals surface area contributed by atoms with Crippen LogP contribution < -0.4 is 10.6 Å². The van der Waals surface area contributed by atoms with E-state index in [0.29, 0.717) is 22.8 Å². The third-order valence-electron chi connectivity index (χ3n) is 4.86. The molecule has 0 amide bonds. The molecule has 2 N–H and O–H groups in total. The van der Waals surface area contributed by atoms with Gasteiger partial charge < -0.3 is 10.6 Å². The Hall–Kier alpha value is -2.93. The normalized spacial score (nSPS) is 14.4. The number of anilines is 2. The monoisotopic (exact) mass is 397 g/mol. The third-order valence-corrected chi connectivity index (χ3v) is 6.61. The van der Waals surface area contributed by atoms with Gasteiger partial charge in [0.05, 0.1) is 15.5 Å². The SMILES string of the molecule is Nc1ccc(S(=O)(=O)c2cc(-c3ccc(F)cc3)nc(N3CCCC3)c2)cc1. The smallest absolute Gasteiger partial charge is 0.206 e. The van der Waals surface area contributed by atoms with Crippen molar-refractivity contribution in [3.05, 3.63) is 66.5 Å². The maximum atomic E-state index is 13.3. The number of aromatic nitrogens is 1. The highest BCUT2D eigenvalue weighted by Gasteiger charge is 2.23. The Morgan fingerprint density at radius 3 is 2.18 bits per heavy atom. The number of rotatable bonds is 4. The van der Waals surface area contributed by atoms with E-state index in [9.17, 15) is 12.8 Å². The molecule has 3 aromatic rings. The quantitative estimate of drug-likeness (QED) is 0.676. The van der Waals surface area contributed by atoms with Crippen LogP contribution in [0.5, 0.6) is 0 Å². The zero-order valence-electron chi connectivity index (χ0n) is 15.2. The van der Waals surface area contributed by atoms with Gasteiger partial charge in [-0.05, 0) is 73.5 Å². The second-order valence-corrected chi connectivity index (χ2v) is 8.77. The van der Waals surface area contributed by atoms with E-state index in [-0.39, 0.29) is 15.6 Å². The minimum atomic E-state index is -3.74. The fraction of sp³-hybridized carbons (Fsp3) is 0.190. The molecular formula is C21H20FN3O2S. The molecule has 1 aliphatic rings. The van der Waals surface area contributed by atoms with E-state index < -0.39 is 9.84 Å². The Bertz CT molecular complexity index is 1090. The van der Waals surface area contributed by atoms with Crippen molar-refractivity contribution in [2.75, 3.05) is 23.7 Å². The number of hydrogen-bond donors (Lipinski definition) is 1. The highest BCUT2D eigenvalue weighted by atomic mass is 32.2. The molecule has 4 rings (SSSR count). The first kappa shape index (κ1) is 18.4. The fourth-order valence-corrected chi connectivity index (χ4v) is 4.60. The molecular weight excluding hydrogens is 377 g/mol. The van der Waals surface area contributed by atoms with Crippen molar-refractivity contribution in [2.45, 2.75) is 22.6 Å². The molecule has 0 spiro atoms. The van der Waals surface area contributed by atoms with Crippen molar-refractivity contribution in [2.24, 2.45) is 0 Å². The van der Waals surface area contributed by atoms with Crippen molar-refractivity contribution in [1.82, 2.24) is 4.98 Å². The minimum absolute atomic E-state index is 0.161. The minimum Gasteiger partial charge on any atom is -0.399 e. The van der Waals surface area contributed by atoms with E-state index in [4.69, 9.17) is 5.73 Å². The third kappa shape index (κ3) is 3.57. The first-order chi connectivity index (χ1) is 13.4. The van der Waals surface area contributed by atoms with Crippen molar-refractivity contribution < 1.29 is 12.8 Å². The number of benzene rings is 2. The van der Waals surface area contributed by atoms with Crippen LogP contribution in [-0.4, -0.2) is 26.5 Å². The van der Waals surface area contributed by atoms with Crippen LogP contribution in [0.25, 0.3) is 11.3 Å². The first-order valence-corrected chi connectivity index (χ1v) is 10.6. The Labute approximate surface area is 163 Å². The molecule has 0 saturated carbocycles. The van der Waals surface area contributed by atoms with Gasteiger partial charge in [0.25, 0.3) is 0 Å². The predicted octanol–water partition coefficient (Wildman–Crippen LogP) is 3.90. The van der Waals surface area contributed by atoms with Crippen molar-refractivity contribution in [3.63, 3.8) is 0 Å². The van der Waals surface area contributed by atoms with Gasteiger partial charge in [-0.2, -0.15) is 0 Å². The Kier molecular flexibility index (Phi) is 4.77. The Balaban J connectivity index is 1.85. The van der Waals surface area contributed by atoms with Crippen molar-refractivity contribution in [1.29, 1.82) is 0 Å². The zero-order chi connectivity index (χ0) is 19.7. The van der Waals surface area contributed by atoms with Gasteiger partial charge >= 0.3 is 0 Å². The van der Waals surface area contributed by atoms with E-state index in [2.05, 4.69) is 9.88 Å². The second-order valence-electron chi connectivity index (χ2n) is 6.82. The summed E-state index contributed by atoms with van der Waals surface area (Å²) < 4.78 is 39.7. The first-order valence-electron chi connectivity index (χ1n) is 9.07. The van der Waals surface area contributed by atoms with Gasteiger partial charge in [-0.3, -0.25) is 0 Å². The summed E-state index contributed by atoms with van der Waals surface area (Å²) in [7, 11) is -3.74. The lowest BCUT2D eigenvalue weighted by atomic mass is 10.1. The number of nitrogen functional groups attached to an aromatic ring is 1. The van der Waals surface area contributed by atoms with Gasteiger partial charge in [-0.15, -0.1) is 0 Å². The number of sulfone groups is 1. The van der Waals surface area contributed by atoms with Crippen LogP contribution >= 0.6 is 0 Å². The molecule has 1 aromatic heterocycles. The van der Waals surface area contributed by atoms with Gasteiger partial charge in [0.2, 0.25) is 9.84 Å². The van der Waals surface area contributed by atoms with Crippen LogP contribution in [0.2, 0.25) is 0 Å². The topological polar surface area (TPSA) is 76.3 Å². The molecule has 1 saturated heterocycles. The Morgan fingerprint density at radius 1 is 0.893 bits per heavy atom. The molecule has 0 atom stereocenters. The summed E-state index contributed by atoms with van der Waals surface area (Å²) in [6.07, 6.45) is 2.09. The lowest BCUT2D eigenvalue weighted by Gasteiger charge is -2.19. The molecule has 1 aliphatic heterocycles. The van der Waals surface area contributed by atoms with E-state index in [0.717, 1.165) is 25.9 Å². The summed E-state index contributed by atoms with van der Waals surface area (Å²) >= 11 is 0. The molecule has 0 radical (unpaired) electrons. The van der Waals surface area contributed by atoms with Crippen LogP contribution in [0.1, 0.15) is 12.8 Å². The second kappa shape index (κ2) is 7.24. The molecule has 7 heteroatoms. The molecule has 28 heavy (non-hydrogen) atoms. The van der Waals surface area contributed by atoms with Crippen molar-refractivity contribution in [3.8, 4) is 11.3 Å². The molecule has 5 nitrogen and oxygen atoms in total. The molecule has 2 aromatic carbocycles. The van der Waals surface area contributed by atoms with Crippen molar-refractivity contribution >= 4 is 21.3 Å². The van der Waals surface area contributed by atoms with E-state index in [1.54, 1.807) is 36.4 Å². The number of pyridine rings is 1. The highest BCUT2D eigenvalue weighted by Crippen LogP contribution is 2.30. The molecule has 0 aliphatic carbocycles. The van der Waals surface area contributed by atoms with Gasteiger partial charge in [0.15, 0.2) is 0 Å². The largest absolute Gasteiger partial charge is 0.399 e. The van der Waals surface area contributed by atoms with Gasteiger partial charge in [0, 0.05) is 24.3 Å². The van der Waals surface area contributed by atoms with Crippen LogP contribution in [0, 0.1) is 5.82 Å². The number of halogens is 1. The molecule has 0 unspecified atom stereocenters. The Morgan fingerprint density at radius 2 is 1.54 bits per heavy atom. The van der Waals surface area contributed by atoms with E-state index in [1.807, 2.05) is 0 Å². The van der Waals surface area contributed by atoms with Gasteiger partial charge in [-0.25, -0.2) is 17.8 Å². The summed E-state index contributed by atoms with van der Waals surface area (Å²) in [5, 5.41) is 0. The number of nitrogens with zero attached hydrogens (tertiary/aromatic N) is 2. The fourth-order valence-electron chi connectivity index (χ4n) is 3.31. The average Bonchev–Trinajstić information content (AvgIpc) is 3.23. The lowest BCUT2D eigenvalue weighted by molar-refractivity contribution is 0.596. The number of nitrogens with two attached hydrogens (primary N) is 1. The summed E-state index contributed by atoms with van der Waals surface area (Å²) in [6, 6.07) is 15.2. The predicted molar refractivity (Wildman–Crippen MR) is 107 cm³/mol. The summed E-state index contributed by atoms with van der Waals surface area (Å²) in [6.45, 7) is 1.67. The maximum absolute atomic E-state index is 13.3. The van der Waals surface area contributed by atoms with E-state index >= 15 is 0 Å². The van der Waals surface area contributed by atoms with Crippen LogP contribution in [0.4, 0.5) is 15.9 Å². The molecule has 144 valence electrons. The molecule has 2 heterocycles. The molecule has 1 fully saturated rings. The van der Waals surface area contributed by atoms with Crippen LogP contribution in [-0.2, 0) is 9.84 Å². The summed E-state index contributed by atoms with van der Waals surface area (Å²) in [5.41, 5.74) is 7.35. The summed E-state index contributed by atoms with van der Waals surface area (Å²) in [4.78, 5) is 7.07. The lowest BCUT2D eigenvalue weighted by Crippen LogP contribution is -2.19.